The molecule has 0 bridgehead atoms. The summed E-state index contributed by atoms with van der Waals surface area (Å²) in [6, 6.07) is 6.83. The van der Waals surface area contributed by atoms with E-state index in [4.69, 9.17) is 9.47 Å². The zero-order valence-electron chi connectivity index (χ0n) is 14.9. The van der Waals surface area contributed by atoms with Crippen molar-refractivity contribution >= 4 is 23.2 Å². The number of thiophene rings is 1. The van der Waals surface area contributed by atoms with Crippen molar-refractivity contribution in [2.45, 2.75) is 33.1 Å². The van der Waals surface area contributed by atoms with E-state index in [2.05, 4.69) is 24.7 Å². The number of benzene rings is 1. The highest BCUT2D eigenvalue weighted by Gasteiger charge is 2.17. The summed E-state index contributed by atoms with van der Waals surface area (Å²) in [5, 5.41) is 0. The molecule has 138 valence electrons. The summed E-state index contributed by atoms with van der Waals surface area (Å²) < 4.78 is 10.9. The average molecular weight is 374 g/mol. The van der Waals surface area contributed by atoms with Crippen molar-refractivity contribution in [3.8, 4) is 11.5 Å². The second-order valence-corrected chi connectivity index (χ2v) is 7.07. The number of hydrazine groups is 1. The number of hydrogen-bond acceptors (Lipinski definition) is 5. The Morgan fingerprint density at radius 1 is 1.04 bits per heavy atom. The van der Waals surface area contributed by atoms with Crippen LogP contribution in [0.25, 0.3) is 0 Å². The molecular formula is C19H22N2O4S. The number of carbonyl (C=O) groups excluding carboxylic acids is 2. The van der Waals surface area contributed by atoms with Gasteiger partial charge in [-0.05, 0) is 42.7 Å². The molecule has 0 spiro atoms. The molecule has 0 fully saturated rings. The third-order valence-corrected chi connectivity index (χ3v) is 5.31. The fourth-order valence-electron chi connectivity index (χ4n) is 2.75. The summed E-state index contributed by atoms with van der Waals surface area (Å²) >= 11 is 1.48. The molecule has 2 N–H and O–H groups in total. The van der Waals surface area contributed by atoms with Crippen LogP contribution in [-0.2, 0) is 12.8 Å². The van der Waals surface area contributed by atoms with E-state index in [0.29, 0.717) is 35.2 Å². The normalized spacial score (nSPS) is 12.5. The van der Waals surface area contributed by atoms with Gasteiger partial charge in [0, 0.05) is 10.4 Å². The maximum absolute atomic E-state index is 12.3. The first-order valence-electron chi connectivity index (χ1n) is 8.74. The van der Waals surface area contributed by atoms with Crippen LogP contribution in [0.2, 0.25) is 0 Å². The molecule has 1 aromatic heterocycles. The van der Waals surface area contributed by atoms with Crippen molar-refractivity contribution in [1.29, 1.82) is 0 Å². The third-order valence-electron chi connectivity index (χ3n) is 4.07. The molecule has 3 rings (SSSR count). The molecule has 26 heavy (non-hydrogen) atoms. The number of nitrogens with one attached hydrogen (secondary N) is 2. The van der Waals surface area contributed by atoms with Gasteiger partial charge in [0.25, 0.3) is 11.8 Å². The quantitative estimate of drug-likeness (QED) is 0.789. The Labute approximate surface area is 156 Å². The van der Waals surface area contributed by atoms with Gasteiger partial charge in [-0.25, -0.2) is 0 Å². The molecule has 7 heteroatoms. The summed E-state index contributed by atoms with van der Waals surface area (Å²) in [6.45, 7) is 5.14. The lowest BCUT2D eigenvalue weighted by Gasteiger charge is -2.18. The molecule has 6 nitrogen and oxygen atoms in total. The Bertz CT molecular complexity index is 816. The number of amides is 2. The molecule has 0 radical (unpaired) electrons. The molecule has 1 aliphatic rings. The highest BCUT2D eigenvalue weighted by Crippen LogP contribution is 2.30. The number of fused-ring (bicyclic) bond motifs is 1. The minimum Gasteiger partial charge on any atom is -0.486 e. The summed E-state index contributed by atoms with van der Waals surface area (Å²) in [6.07, 6.45) is 2.89. The van der Waals surface area contributed by atoms with Gasteiger partial charge >= 0.3 is 0 Å². The molecule has 0 atom stereocenters. The first kappa shape index (κ1) is 18.3. The monoisotopic (exact) mass is 374 g/mol. The predicted octanol–water partition coefficient (Wildman–Crippen LogP) is 3.11. The molecule has 1 aromatic carbocycles. The third kappa shape index (κ3) is 3.99. The molecule has 0 unspecified atom stereocenters. The second-order valence-electron chi connectivity index (χ2n) is 5.93. The summed E-state index contributed by atoms with van der Waals surface area (Å²) in [7, 11) is 0. The minimum atomic E-state index is -0.406. The van der Waals surface area contributed by atoms with E-state index >= 15 is 0 Å². The largest absolute Gasteiger partial charge is 0.486 e. The smallest absolute Gasteiger partial charge is 0.279 e. The Morgan fingerprint density at radius 3 is 2.50 bits per heavy atom. The number of rotatable bonds is 5. The van der Waals surface area contributed by atoms with Crippen LogP contribution in [0.5, 0.6) is 11.5 Å². The van der Waals surface area contributed by atoms with Gasteiger partial charge in [0.05, 0.1) is 4.88 Å². The van der Waals surface area contributed by atoms with Gasteiger partial charge in [-0.15, -0.1) is 11.3 Å². The van der Waals surface area contributed by atoms with Gasteiger partial charge in [0.2, 0.25) is 0 Å². The van der Waals surface area contributed by atoms with Crippen LogP contribution >= 0.6 is 11.3 Å². The van der Waals surface area contributed by atoms with E-state index in [1.807, 2.05) is 6.07 Å². The van der Waals surface area contributed by atoms with Crippen molar-refractivity contribution in [2.75, 3.05) is 13.2 Å². The van der Waals surface area contributed by atoms with Crippen LogP contribution in [0.1, 0.15) is 50.7 Å². The van der Waals surface area contributed by atoms with E-state index in [1.165, 1.54) is 21.8 Å². The molecule has 0 aliphatic carbocycles. The van der Waals surface area contributed by atoms with Crippen molar-refractivity contribution < 1.29 is 19.1 Å². The summed E-state index contributed by atoms with van der Waals surface area (Å²) in [5.41, 5.74) is 6.52. The number of ether oxygens (including phenoxy) is 2. The molecular weight excluding hydrogens is 352 g/mol. The van der Waals surface area contributed by atoms with Gasteiger partial charge in [0.15, 0.2) is 11.5 Å². The lowest BCUT2D eigenvalue weighted by molar-refractivity contribution is 0.0848. The Hall–Kier alpha value is -2.54. The lowest BCUT2D eigenvalue weighted by atomic mass is 10.1. The van der Waals surface area contributed by atoms with Gasteiger partial charge in [-0.2, -0.15) is 0 Å². The molecule has 1 aliphatic heterocycles. The topological polar surface area (TPSA) is 76.7 Å². The average Bonchev–Trinajstić information content (AvgIpc) is 3.09. The van der Waals surface area contributed by atoms with Crippen LogP contribution in [0, 0.1) is 0 Å². The van der Waals surface area contributed by atoms with E-state index < -0.39 is 5.91 Å². The first-order valence-corrected chi connectivity index (χ1v) is 9.56. The molecule has 2 heterocycles. The van der Waals surface area contributed by atoms with Crippen molar-refractivity contribution in [2.24, 2.45) is 0 Å². The number of hydrogen-bond donors (Lipinski definition) is 2. The van der Waals surface area contributed by atoms with Crippen LogP contribution in [-0.4, -0.2) is 25.0 Å². The number of carbonyl (C=O) groups is 2. The Morgan fingerprint density at radius 2 is 1.77 bits per heavy atom. The number of aryl methyl sites for hydroxylation is 2. The van der Waals surface area contributed by atoms with E-state index in [-0.39, 0.29) is 5.91 Å². The molecule has 2 aromatic rings. The maximum Gasteiger partial charge on any atom is 0.279 e. The fraction of sp³-hybridized carbons (Fsp3) is 0.368. The van der Waals surface area contributed by atoms with Crippen LogP contribution < -0.4 is 20.3 Å². The lowest BCUT2D eigenvalue weighted by Crippen LogP contribution is -2.41. The van der Waals surface area contributed by atoms with E-state index in [1.54, 1.807) is 18.2 Å². The first-order chi connectivity index (χ1) is 12.6. The predicted molar refractivity (Wildman–Crippen MR) is 100 cm³/mol. The standard InChI is InChI=1S/C19H22N2O4S/c1-3-5-16-12(4-2)11-17(26-16)19(23)21-20-18(22)13-6-7-14-15(10-13)25-9-8-24-14/h6-7,10-11H,3-5,8-9H2,1-2H3,(H,20,22)(H,21,23). The Kier molecular flexibility index (Phi) is 5.78. The zero-order chi connectivity index (χ0) is 18.5. The fourth-order valence-corrected chi connectivity index (χ4v) is 4.00. The summed E-state index contributed by atoms with van der Waals surface area (Å²) in [4.78, 5) is 26.5. The van der Waals surface area contributed by atoms with Crippen LogP contribution in [0.3, 0.4) is 0 Å². The van der Waals surface area contributed by atoms with Crippen LogP contribution in [0.15, 0.2) is 24.3 Å². The Balaban J connectivity index is 1.63. The van der Waals surface area contributed by atoms with E-state index in [9.17, 15) is 9.59 Å². The van der Waals surface area contributed by atoms with Crippen molar-refractivity contribution in [3.63, 3.8) is 0 Å². The van der Waals surface area contributed by atoms with Gasteiger partial charge in [-0.1, -0.05) is 20.3 Å². The zero-order valence-corrected chi connectivity index (χ0v) is 15.7. The molecule has 0 saturated carbocycles. The molecule has 0 saturated heterocycles. The highest BCUT2D eigenvalue weighted by molar-refractivity contribution is 7.14. The van der Waals surface area contributed by atoms with Crippen molar-refractivity contribution in [1.82, 2.24) is 10.9 Å². The van der Waals surface area contributed by atoms with Crippen LogP contribution in [0.4, 0.5) is 0 Å². The second kappa shape index (κ2) is 8.23. The summed E-state index contributed by atoms with van der Waals surface area (Å²) in [5.74, 6) is 0.436. The minimum absolute atomic E-state index is 0.307. The molecule has 2 amide bonds. The van der Waals surface area contributed by atoms with Crippen molar-refractivity contribution in [3.05, 3.63) is 45.1 Å². The highest BCUT2D eigenvalue weighted by atomic mass is 32.1. The van der Waals surface area contributed by atoms with E-state index in [0.717, 1.165) is 19.3 Å². The van der Waals surface area contributed by atoms with Gasteiger partial charge < -0.3 is 9.47 Å². The maximum atomic E-state index is 12.3. The van der Waals surface area contributed by atoms with Gasteiger partial charge in [0.1, 0.15) is 13.2 Å². The SMILES string of the molecule is CCCc1sc(C(=O)NNC(=O)c2ccc3c(c2)OCCO3)cc1CC. The van der Waals surface area contributed by atoms with Gasteiger partial charge in [-0.3, -0.25) is 20.4 Å².